The van der Waals surface area contributed by atoms with Crippen LogP contribution in [0, 0.1) is 5.41 Å². The summed E-state index contributed by atoms with van der Waals surface area (Å²) in [5.74, 6) is 0.834. The number of aliphatic hydroxyl groups is 1. The van der Waals surface area contributed by atoms with Crippen molar-refractivity contribution >= 4 is 0 Å². The van der Waals surface area contributed by atoms with Crippen LogP contribution in [-0.2, 0) is 5.60 Å². The van der Waals surface area contributed by atoms with Gasteiger partial charge in [-0.15, -0.1) is 0 Å². The van der Waals surface area contributed by atoms with Gasteiger partial charge in [0.05, 0.1) is 12.2 Å². The minimum Gasteiger partial charge on any atom is -0.493 e. The van der Waals surface area contributed by atoms with Crippen LogP contribution in [0.3, 0.4) is 0 Å². The molecule has 0 spiro atoms. The summed E-state index contributed by atoms with van der Waals surface area (Å²) in [6, 6.07) is 7.91. The number of benzene rings is 1. The van der Waals surface area contributed by atoms with Crippen LogP contribution < -0.4 is 4.74 Å². The van der Waals surface area contributed by atoms with Crippen molar-refractivity contribution in [3.8, 4) is 5.75 Å². The average Bonchev–Trinajstić information content (AvgIpc) is 2.28. The lowest BCUT2D eigenvalue weighted by Crippen LogP contribution is -2.36. The standard InChI is InChI=1S/C16H24O2/c1-4-18-14-9-6-5-8-13(14)16(17)11-7-10-15(2,3)12-16/h5-6,8-9,17H,4,7,10-12H2,1-3H3. The van der Waals surface area contributed by atoms with Crippen molar-refractivity contribution in [3.05, 3.63) is 29.8 Å². The number of para-hydroxylation sites is 1. The number of hydrogen-bond donors (Lipinski definition) is 1. The minimum absolute atomic E-state index is 0.201. The van der Waals surface area contributed by atoms with Gasteiger partial charge in [-0.2, -0.15) is 0 Å². The highest BCUT2D eigenvalue weighted by atomic mass is 16.5. The molecule has 0 saturated heterocycles. The van der Waals surface area contributed by atoms with Gasteiger partial charge < -0.3 is 9.84 Å². The van der Waals surface area contributed by atoms with Crippen molar-refractivity contribution in [2.24, 2.45) is 5.41 Å². The summed E-state index contributed by atoms with van der Waals surface area (Å²) in [5.41, 5.74) is 0.430. The SMILES string of the molecule is CCOc1ccccc1C1(O)CCCC(C)(C)C1. The molecule has 2 heteroatoms. The van der Waals surface area contributed by atoms with E-state index >= 15 is 0 Å². The molecule has 0 aromatic heterocycles. The van der Waals surface area contributed by atoms with E-state index in [0.717, 1.165) is 30.6 Å². The highest BCUT2D eigenvalue weighted by Gasteiger charge is 2.41. The van der Waals surface area contributed by atoms with Crippen molar-refractivity contribution < 1.29 is 9.84 Å². The van der Waals surface area contributed by atoms with Crippen molar-refractivity contribution in [1.82, 2.24) is 0 Å². The van der Waals surface area contributed by atoms with Gasteiger partial charge in [0.15, 0.2) is 0 Å². The summed E-state index contributed by atoms with van der Waals surface area (Å²) in [7, 11) is 0. The van der Waals surface area contributed by atoms with Gasteiger partial charge in [0.25, 0.3) is 0 Å². The second-order valence-corrected chi connectivity index (χ2v) is 6.16. The molecule has 2 rings (SSSR count). The van der Waals surface area contributed by atoms with Crippen LogP contribution >= 0.6 is 0 Å². The van der Waals surface area contributed by atoms with Gasteiger partial charge in [0.2, 0.25) is 0 Å². The van der Waals surface area contributed by atoms with Crippen molar-refractivity contribution in [2.75, 3.05) is 6.61 Å². The highest BCUT2D eigenvalue weighted by molar-refractivity contribution is 5.38. The Labute approximate surface area is 110 Å². The summed E-state index contributed by atoms with van der Waals surface area (Å²) in [6.45, 7) is 7.09. The van der Waals surface area contributed by atoms with Gasteiger partial charge in [0, 0.05) is 5.56 Å². The lowest BCUT2D eigenvalue weighted by Gasteiger charge is -2.42. The largest absolute Gasteiger partial charge is 0.493 e. The quantitative estimate of drug-likeness (QED) is 0.879. The maximum Gasteiger partial charge on any atom is 0.125 e. The van der Waals surface area contributed by atoms with Crippen molar-refractivity contribution in [1.29, 1.82) is 0 Å². The molecule has 2 nitrogen and oxygen atoms in total. The lowest BCUT2D eigenvalue weighted by molar-refractivity contribution is -0.0456. The zero-order valence-corrected chi connectivity index (χ0v) is 11.7. The van der Waals surface area contributed by atoms with Gasteiger partial charge in [-0.05, 0) is 44.1 Å². The Bertz CT molecular complexity index is 411. The maximum atomic E-state index is 11.0. The molecule has 1 aliphatic carbocycles. The lowest BCUT2D eigenvalue weighted by atomic mass is 9.67. The van der Waals surface area contributed by atoms with Crippen molar-refractivity contribution in [2.45, 2.75) is 52.1 Å². The Kier molecular flexibility index (Phi) is 3.67. The third-order valence-electron chi connectivity index (χ3n) is 3.90. The van der Waals surface area contributed by atoms with Crippen LogP contribution in [0.1, 0.15) is 52.0 Å². The fraction of sp³-hybridized carbons (Fsp3) is 0.625. The highest BCUT2D eigenvalue weighted by Crippen LogP contribution is 2.48. The fourth-order valence-corrected chi connectivity index (χ4v) is 3.19. The van der Waals surface area contributed by atoms with E-state index in [1.54, 1.807) is 0 Å². The van der Waals surface area contributed by atoms with E-state index in [4.69, 9.17) is 4.74 Å². The monoisotopic (exact) mass is 248 g/mol. The molecule has 1 aromatic carbocycles. The summed E-state index contributed by atoms with van der Waals surface area (Å²) < 4.78 is 5.66. The molecule has 1 aliphatic rings. The van der Waals surface area contributed by atoms with Crippen molar-refractivity contribution in [3.63, 3.8) is 0 Å². The third kappa shape index (κ3) is 2.69. The van der Waals surface area contributed by atoms with E-state index in [1.165, 1.54) is 6.42 Å². The normalized spacial score (nSPS) is 26.9. The zero-order valence-electron chi connectivity index (χ0n) is 11.7. The first-order chi connectivity index (χ1) is 8.47. The average molecular weight is 248 g/mol. The molecule has 0 bridgehead atoms. The zero-order chi connectivity index (χ0) is 13.2. The molecule has 1 N–H and O–H groups in total. The Morgan fingerprint density at radius 1 is 1.22 bits per heavy atom. The Morgan fingerprint density at radius 2 is 1.94 bits per heavy atom. The molecular formula is C16H24O2. The first-order valence-corrected chi connectivity index (χ1v) is 6.92. The number of hydrogen-bond acceptors (Lipinski definition) is 2. The number of rotatable bonds is 3. The summed E-state index contributed by atoms with van der Waals surface area (Å²) >= 11 is 0. The molecule has 0 heterocycles. The molecule has 1 unspecified atom stereocenters. The minimum atomic E-state index is -0.729. The molecule has 1 aromatic rings. The van der Waals surface area contributed by atoms with Crippen LogP contribution in [0.15, 0.2) is 24.3 Å². The fourth-order valence-electron chi connectivity index (χ4n) is 3.19. The van der Waals surface area contributed by atoms with Crippen LogP contribution in [0.25, 0.3) is 0 Å². The first kappa shape index (κ1) is 13.4. The van der Waals surface area contributed by atoms with E-state index in [9.17, 15) is 5.11 Å². The Morgan fingerprint density at radius 3 is 2.61 bits per heavy atom. The predicted molar refractivity (Wildman–Crippen MR) is 73.8 cm³/mol. The van der Waals surface area contributed by atoms with E-state index < -0.39 is 5.60 Å². The second-order valence-electron chi connectivity index (χ2n) is 6.16. The van der Waals surface area contributed by atoms with Crippen LogP contribution in [0.4, 0.5) is 0 Å². The molecule has 100 valence electrons. The van der Waals surface area contributed by atoms with E-state index in [0.29, 0.717) is 6.61 Å². The van der Waals surface area contributed by atoms with Gasteiger partial charge >= 0.3 is 0 Å². The van der Waals surface area contributed by atoms with Crippen LogP contribution in [0.2, 0.25) is 0 Å². The van der Waals surface area contributed by atoms with Gasteiger partial charge in [-0.25, -0.2) is 0 Å². The molecule has 0 aliphatic heterocycles. The topological polar surface area (TPSA) is 29.5 Å². The molecule has 18 heavy (non-hydrogen) atoms. The third-order valence-corrected chi connectivity index (χ3v) is 3.90. The molecule has 1 fully saturated rings. The summed E-state index contributed by atoms with van der Waals surface area (Å²) in [6.07, 6.45) is 3.90. The first-order valence-electron chi connectivity index (χ1n) is 6.92. The Balaban J connectivity index is 2.34. The molecule has 0 amide bonds. The summed E-state index contributed by atoms with van der Waals surface area (Å²) in [5, 5.41) is 11.0. The smallest absolute Gasteiger partial charge is 0.125 e. The van der Waals surface area contributed by atoms with Crippen LogP contribution in [-0.4, -0.2) is 11.7 Å². The van der Waals surface area contributed by atoms with Gasteiger partial charge in [0.1, 0.15) is 5.75 Å². The molecule has 0 radical (unpaired) electrons. The predicted octanol–water partition coefficient (Wildman–Crippen LogP) is 3.87. The van der Waals surface area contributed by atoms with E-state index in [1.807, 2.05) is 31.2 Å². The number of ether oxygens (including phenoxy) is 1. The summed E-state index contributed by atoms with van der Waals surface area (Å²) in [4.78, 5) is 0. The van der Waals surface area contributed by atoms with E-state index in [-0.39, 0.29) is 5.41 Å². The molecule has 1 atom stereocenters. The maximum absolute atomic E-state index is 11.0. The van der Waals surface area contributed by atoms with Gasteiger partial charge in [-0.3, -0.25) is 0 Å². The Hall–Kier alpha value is -1.02. The molecule has 1 saturated carbocycles. The second kappa shape index (κ2) is 4.93. The molecular weight excluding hydrogens is 224 g/mol. The van der Waals surface area contributed by atoms with E-state index in [2.05, 4.69) is 13.8 Å². The van der Waals surface area contributed by atoms with Gasteiger partial charge in [-0.1, -0.05) is 32.0 Å². The van der Waals surface area contributed by atoms with Crippen LogP contribution in [0.5, 0.6) is 5.75 Å².